The van der Waals surface area contributed by atoms with E-state index in [0.717, 1.165) is 36.6 Å². The van der Waals surface area contributed by atoms with E-state index in [1.54, 1.807) is 12.1 Å². The summed E-state index contributed by atoms with van der Waals surface area (Å²) in [5, 5.41) is 2.91. The van der Waals surface area contributed by atoms with Crippen molar-refractivity contribution >= 4 is 11.6 Å². The number of carbonyl (C=O) groups is 1. The number of anilines is 1. The van der Waals surface area contributed by atoms with E-state index in [2.05, 4.69) is 19.2 Å². The molecule has 0 aliphatic carbocycles. The van der Waals surface area contributed by atoms with Crippen molar-refractivity contribution in [3.05, 3.63) is 54.1 Å². The van der Waals surface area contributed by atoms with Crippen molar-refractivity contribution in [3.63, 3.8) is 0 Å². The van der Waals surface area contributed by atoms with Crippen LogP contribution in [0.4, 0.5) is 5.69 Å². The van der Waals surface area contributed by atoms with Crippen LogP contribution < -0.4 is 14.8 Å². The highest BCUT2D eigenvalue weighted by Crippen LogP contribution is 2.19. The van der Waals surface area contributed by atoms with Gasteiger partial charge in [0.2, 0.25) is 0 Å². The van der Waals surface area contributed by atoms with Gasteiger partial charge in [0, 0.05) is 17.3 Å². The summed E-state index contributed by atoms with van der Waals surface area (Å²) in [6, 6.07) is 14.7. The Balaban J connectivity index is 1.81. The fourth-order valence-electron chi connectivity index (χ4n) is 2.68. The lowest BCUT2D eigenvalue weighted by molar-refractivity contribution is 0.102. The average Bonchev–Trinajstić information content (AvgIpc) is 2.70. The third kappa shape index (κ3) is 7.73. The molecule has 0 fully saturated rings. The average molecular weight is 370 g/mol. The lowest BCUT2D eigenvalue weighted by Crippen LogP contribution is -2.12. The Morgan fingerprint density at radius 3 is 2.30 bits per heavy atom. The van der Waals surface area contributed by atoms with Crippen LogP contribution >= 0.6 is 0 Å². The van der Waals surface area contributed by atoms with Gasteiger partial charge >= 0.3 is 0 Å². The van der Waals surface area contributed by atoms with E-state index in [4.69, 9.17) is 9.47 Å². The molecule has 0 radical (unpaired) electrons. The molecule has 146 valence electrons. The van der Waals surface area contributed by atoms with Gasteiger partial charge in [0.15, 0.2) is 0 Å². The monoisotopic (exact) mass is 369 g/mol. The van der Waals surface area contributed by atoms with Crippen LogP contribution in [0.5, 0.6) is 11.5 Å². The van der Waals surface area contributed by atoms with Crippen LogP contribution in [0.2, 0.25) is 0 Å². The highest BCUT2D eigenvalue weighted by molar-refractivity contribution is 6.04. The molecule has 4 heteroatoms. The molecule has 0 spiro atoms. The Bertz CT molecular complexity index is 682. The molecule has 1 N–H and O–H groups in total. The number of ether oxygens (including phenoxy) is 2. The number of amides is 1. The Morgan fingerprint density at radius 1 is 0.815 bits per heavy atom. The number of carbonyl (C=O) groups excluding carboxylic acids is 1. The molecule has 2 aromatic carbocycles. The van der Waals surface area contributed by atoms with Crippen molar-refractivity contribution in [1.29, 1.82) is 0 Å². The molecular formula is C23H31NO3. The van der Waals surface area contributed by atoms with E-state index in [0.29, 0.717) is 12.2 Å². The Kier molecular flexibility index (Phi) is 9.25. The van der Waals surface area contributed by atoms with Gasteiger partial charge in [-0.25, -0.2) is 0 Å². The molecule has 1 amide bonds. The SMILES string of the molecule is CCCCCCCOc1ccc(C(=O)Nc2cccc(OCCC)c2)cc1. The second-order valence-electron chi connectivity index (χ2n) is 6.62. The molecule has 0 atom stereocenters. The lowest BCUT2D eigenvalue weighted by atomic mass is 10.1. The van der Waals surface area contributed by atoms with E-state index >= 15 is 0 Å². The normalized spacial score (nSPS) is 10.4. The zero-order chi connectivity index (χ0) is 19.3. The van der Waals surface area contributed by atoms with E-state index in [1.165, 1.54) is 25.7 Å². The van der Waals surface area contributed by atoms with E-state index in [9.17, 15) is 4.79 Å². The minimum atomic E-state index is -0.145. The molecule has 0 aliphatic rings. The molecule has 2 aromatic rings. The summed E-state index contributed by atoms with van der Waals surface area (Å²) in [7, 11) is 0. The minimum absolute atomic E-state index is 0.145. The molecule has 0 aliphatic heterocycles. The van der Waals surface area contributed by atoms with Crippen LogP contribution in [0.3, 0.4) is 0 Å². The second-order valence-corrected chi connectivity index (χ2v) is 6.62. The van der Waals surface area contributed by atoms with Gasteiger partial charge in [-0.1, -0.05) is 45.6 Å². The maximum atomic E-state index is 12.4. The zero-order valence-corrected chi connectivity index (χ0v) is 16.5. The van der Waals surface area contributed by atoms with Crippen molar-refractivity contribution in [2.45, 2.75) is 52.4 Å². The highest BCUT2D eigenvalue weighted by atomic mass is 16.5. The van der Waals surface area contributed by atoms with Gasteiger partial charge in [-0.15, -0.1) is 0 Å². The van der Waals surface area contributed by atoms with Gasteiger partial charge in [-0.2, -0.15) is 0 Å². The van der Waals surface area contributed by atoms with Gasteiger partial charge in [0.25, 0.3) is 5.91 Å². The molecule has 0 aromatic heterocycles. The first-order chi connectivity index (χ1) is 13.2. The van der Waals surface area contributed by atoms with Crippen LogP contribution in [0.1, 0.15) is 62.7 Å². The molecule has 0 saturated carbocycles. The minimum Gasteiger partial charge on any atom is -0.494 e. The first kappa shape index (κ1) is 20.8. The van der Waals surface area contributed by atoms with Crippen LogP contribution in [-0.4, -0.2) is 19.1 Å². The smallest absolute Gasteiger partial charge is 0.255 e. The number of benzene rings is 2. The molecule has 0 saturated heterocycles. The lowest BCUT2D eigenvalue weighted by Gasteiger charge is -2.10. The number of rotatable bonds is 12. The van der Waals surface area contributed by atoms with E-state index in [1.807, 2.05) is 36.4 Å². The summed E-state index contributed by atoms with van der Waals surface area (Å²) in [6.07, 6.45) is 7.03. The number of nitrogens with one attached hydrogen (secondary N) is 1. The summed E-state index contributed by atoms with van der Waals surface area (Å²) in [5.74, 6) is 1.42. The molecule has 2 rings (SSSR count). The number of hydrogen-bond donors (Lipinski definition) is 1. The van der Waals surface area contributed by atoms with Gasteiger partial charge in [0.05, 0.1) is 13.2 Å². The van der Waals surface area contributed by atoms with Crippen molar-refractivity contribution in [3.8, 4) is 11.5 Å². The Hall–Kier alpha value is -2.49. The summed E-state index contributed by atoms with van der Waals surface area (Å²) < 4.78 is 11.3. The first-order valence-electron chi connectivity index (χ1n) is 10.00. The molecule has 27 heavy (non-hydrogen) atoms. The fourth-order valence-corrected chi connectivity index (χ4v) is 2.68. The summed E-state index contributed by atoms with van der Waals surface area (Å²) in [4.78, 5) is 12.4. The standard InChI is InChI=1S/C23H31NO3/c1-3-5-6-7-8-17-27-21-14-12-19(13-15-21)23(25)24-20-10-9-11-22(18-20)26-16-4-2/h9-15,18H,3-8,16-17H2,1-2H3,(H,24,25). The van der Waals surface area contributed by atoms with Gasteiger partial charge < -0.3 is 14.8 Å². The third-order valence-corrected chi connectivity index (χ3v) is 4.20. The van der Waals surface area contributed by atoms with Gasteiger partial charge in [-0.3, -0.25) is 4.79 Å². The summed E-state index contributed by atoms with van der Waals surface area (Å²) in [6.45, 7) is 5.66. The van der Waals surface area contributed by atoms with Crippen LogP contribution in [-0.2, 0) is 0 Å². The molecule has 0 unspecified atom stereocenters. The van der Waals surface area contributed by atoms with E-state index < -0.39 is 0 Å². The van der Waals surface area contributed by atoms with Gasteiger partial charge in [-0.05, 0) is 49.2 Å². The maximum absolute atomic E-state index is 12.4. The number of unbranched alkanes of at least 4 members (excludes halogenated alkanes) is 4. The molecule has 0 heterocycles. The first-order valence-corrected chi connectivity index (χ1v) is 10.00. The Labute approximate surface area is 162 Å². The third-order valence-electron chi connectivity index (χ3n) is 4.20. The largest absolute Gasteiger partial charge is 0.494 e. The van der Waals surface area contributed by atoms with Crippen molar-refractivity contribution < 1.29 is 14.3 Å². The molecular weight excluding hydrogens is 338 g/mol. The predicted molar refractivity (Wildman–Crippen MR) is 111 cm³/mol. The van der Waals surface area contributed by atoms with Crippen molar-refractivity contribution in [2.75, 3.05) is 18.5 Å². The van der Waals surface area contributed by atoms with Crippen molar-refractivity contribution in [1.82, 2.24) is 0 Å². The van der Waals surface area contributed by atoms with E-state index in [-0.39, 0.29) is 5.91 Å². The van der Waals surface area contributed by atoms with Crippen LogP contribution in [0, 0.1) is 0 Å². The Morgan fingerprint density at radius 2 is 1.56 bits per heavy atom. The predicted octanol–water partition coefficient (Wildman–Crippen LogP) is 6.08. The summed E-state index contributed by atoms with van der Waals surface area (Å²) >= 11 is 0. The number of hydrogen-bond acceptors (Lipinski definition) is 3. The summed E-state index contributed by atoms with van der Waals surface area (Å²) in [5.41, 5.74) is 1.33. The fraction of sp³-hybridized carbons (Fsp3) is 0.435. The quantitative estimate of drug-likeness (QED) is 0.461. The van der Waals surface area contributed by atoms with Crippen LogP contribution in [0.15, 0.2) is 48.5 Å². The highest BCUT2D eigenvalue weighted by Gasteiger charge is 2.07. The topological polar surface area (TPSA) is 47.6 Å². The molecule has 4 nitrogen and oxygen atoms in total. The van der Waals surface area contributed by atoms with Gasteiger partial charge in [0.1, 0.15) is 11.5 Å². The van der Waals surface area contributed by atoms with Crippen molar-refractivity contribution in [2.24, 2.45) is 0 Å². The van der Waals surface area contributed by atoms with Crippen LogP contribution in [0.25, 0.3) is 0 Å². The second kappa shape index (κ2) is 12.0. The molecule has 0 bridgehead atoms. The zero-order valence-electron chi connectivity index (χ0n) is 16.5. The maximum Gasteiger partial charge on any atom is 0.255 e.